The minimum Gasteiger partial charge on any atom is -0.497 e. The fourth-order valence-corrected chi connectivity index (χ4v) is 4.19. The number of aliphatic imine (C=N–C) groups is 1. The number of halogens is 1. The highest BCUT2D eigenvalue weighted by molar-refractivity contribution is 14.0. The van der Waals surface area contributed by atoms with Gasteiger partial charge in [-0.05, 0) is 56.5 Å². The Hall–Kier alpha value is -1.59. The van der Waals surface area contributed by atoms with E-state index >= 15 is 0 Å². The topological polar surface area (TPSA) is 78.4 Å². The normalized spacial score (nSPS) is 20.0. The molecular formula is C24H40IN5O3. The van der Waals surface area contributed by atoms with E-state index in [0.717, 1.165) is 38.3 Å². The number of likely N-dealkylation sites (tertiary alicyclic amines) is 1. The number of carbonyl (C=O) groups is 1. The van der Waals surface area contributed by atoms with Crippen molar-refractivity contribution in [3.05, 3.63) is 29.8 Å². The summed E-state index contributed by atoms with van der Waals surface area (Å²) in [6, 6.07) is 8.55. The van der Waals surface area contributed by atoms with E-state index in [4.69, 9.17) is 9.47 Å². The van der Waals surface area contributed by atoms with Crippen molar-refractivity contribution in [3.8, 4) is 5.75 Å². The molecule has 2 atom stereocenters. The first kappa shape index (κ1) is 27.7. The Morgan fingerprint density at radius 3 is 2.52 bits per heavy atom. The molecule has 3 rings (SSSR count). The summed E-state index contributed by atoms with van der Waals surface area (Å²) < 4.78 is 11.1. The molecule has 2 fully saturated rings. The van der Waals surface area contributed by atoms with Crippen LogP contribution in [-0.2, 0) is 9.53 Å². The Balaban J connectivity index is 0.00000385. The molecule has 0 saturated carbocycles. The minimum atomic E-state index is -0.0223. The summed E-state index contributed by atoms with van der Waals surface area (Å²) in [5.74, 6) is 1.50. The summed E-state index contributed by atoms with van der Waals surface area (Å²) in [4.78, 5) is 20.8. The Bertz CT molecular complexity index is 732. The third kappa shape index (κ3) is 8.94. The monoisotopic (exact) mass is 573 g/mol. The third-order valence-corrected chi connectivity index (χ3v) is 6.19. The molecule has 33 heavy (non-hydrogen) atoms. The fraction of sp³-hybridized carbons (Fsp3) is 0.667. The molecule has 2 unspecified atom stereocenters. The van der Waals surface area contributed by atoms with Gasteiger partial charge in [-0.1, -0.05) is 18.6 Å². The van der Waals surface area contributed by atoms with Crippen molar-refractivity contribution >= 4 is 35.8 Å². The molecule has 2 aliphatic rings. The Labute approximate surface area is 215 Å². The summed E-state index contributed by atoms with van der Waals surface area (Å²) >= 11 is 0. The molecule has 0 spiro atoms. The summed E-state index contributed by atoms with van der Waals surface area (Å²) in [6.45, 7) is 4.52. The van der Waals surface area contributed by atoms with Crippen LogP contribution in [-0.4, -0.2) is 88.3 Å². The molecular weight excluding hydrogens is 533 g/mol. The number of likely N-dealkylation sites (N-methyl/N-ethyl adjacent to an activating group) is 1. The highest BCUT2D eigenvalue weighted by atomic mass is 127. The lowest BCUT2D eigenvalue weighted by Gasteiger charge is -2.35. The van der Waals surface area contributed by atoms with Crippen LogP contribution in [0.15, 0.2) is 29.3 Å². The van der Waals surface area contributed by atoms with Crippen LogP contribution in [0.3, 0.4) is 0 Å². The second-order valence-electron chi connectivity index (χ2n) is 8.74. The lowest BCUT2D eigenvalue weighted by Crippen LogP contribution is -2.46. The quantitative estimate of drug-likeness (QED) is 0.269. The van der Waals surface area contributed by atoms with Gasteiger partial charge in [0.2, 0.25) is 5.91 Å². The van der Waals surface area contributed by atoms with Gasteiger partial charge in [0, 0.05) is 33.8 Å². The van der Waals surface area contributed by atoms with Crippen molar-refractivity contribution in [2.45, 2.75) is 44.2 Å². The second-order valence-corrected chi connectivity index (χ2v) is 8.74. The maximum atomic E-state index is 12.1. The molecule has 2 saturated heterocycles. The Morgan fingerprint density at radius 2 is 1.91 bits per heavy atom. The number of benzene rings is 1. The molecule has 2 heterocycles. The van der Waals surface area contributed by atoms with Gasteiger partial charge < -0.3 is 25.0 Å². The van der Waals surface area contributed by atoms with Gasteiger partial charge in [-0.15, -0.1) is 24.0 Å². The van der Waals surface area contributed by atoms with E-state index < -0.39 is 0 Å². The molecule has 1 aromatic carbocycles. The van der Waals surface area contributed by atoms with E-state index in [1.165, 1.54) is 24.8 Å². The Morgan fingerprint density at radius 1 is 1.18 bits per heavy atom. The number of nitrogens with zero attached hydrogens (tertiary/aromatic N) is 3. The van der Waals surface area contributed by atoms with Crippen LogP contribution >= 0.6 is 24.0 Å². The predicted molar refractivity (Wildman–Crippen MR) is 143 cm³/mol. The molecule has 8 nitrogen and oxygen atoms in total. The van der Waals surface area contributed by atoms with E-state index in [0.29, 0.717) is 19.0 Å². The number of amides is 1. The van der Waals surface area contributed by atoms with Gasteiger partial charge in [0.15, 0.2) is 5.96 Å². The maximum Gasteiger partial charge on any atom is 0.243 e. The van der Waals surface area contributed by atoms with Crippen LogP contribution in [0.25, 0.3) is 0 Å². The number of piperidine rings is 1. The summed E-state index contributed by atoms with van der Waals surface area (Å²) in [5.41, 5.74) is 1.25. The van der Waals surface area contributed by atoms with Crippen molar-refractivity contribution in [1.29, 1.82) is 0 Å². The van der Waals surface area contributed by atoms with Crippen LogP contribution in [0.5, 0.6) is 5.75 Å². The van der Waals surface area contributed by atoms with Gasteiger partial charge in [-0.2, -0.15) is 0 Å². The fourth-order valence-electron chi connectivity index (χ4n) is 4.19. The van der Waals surface area contributed by atoms with Gasteiger partial charge in [-0.3, -0.25) is 9.69 Å². The molecule has 0 bridgehead atoms. The summed E-state index contributed by atoms with van der Waals surface area (Å²) in [7, 11) is 5.19. The van der Waals surface area contributed by atoms with Crippen molar-refractivity contribution in [2.24, 2.45) is 4.99 Å². The van der Waals surface area contributed by atoms with Crippen LogP contribution < -0.4 is 15.4 Å². The zero-order chi connectivity index (χ0) is 22.8. The van der Waals surface area contributed by atoms with Gasteiger partial charge in [0.25, 0.3) is 0 Å². The number of ether oxygens (including phenoxy) is 2. The van der Waals surface area contributed by atoms with Crippen molar-refractivity contribution < 1.29 is 14.3 Å². The zero-order valence-corrected chi connectivity index (χ0v) is 22.5. The van der Waals surface area contributed by atoms with E-state index in [2.05, 4.69) is 32.7 Å². The van der Waals surface area contributed by atoms with Gasteiger partial charge in [0.1, 0.15) is 12.3 Å². The van der Waals surface area contributed by atoms with E-state index in [9.17, 15) is 4.79 Å². The average Bonchev–Trinajstić information content (AvgIpc) is 3.35. The number of methoxy groups -OCH3 is 1. The minimum absolute atomic E-state index is 0. The number of rotatable bonds is 9. The van der Waals surface area contributed by atoms with Gasteiger partial charge >= 0.3 is 0 Å². The lowest BCUT2D eigenvalue weighted by molar-refractivity contribution is -0.127. The number of hydrogen-bond acceptors (Lipinski definition) is 5. The lowest BCUT2D eigenvalue weighted by atomic mass is 10.0. The second kappa shape index (κ2) is 14.6. The first-order valence-electron chi connectivity index (χ1n) is 11.8. The van der Waals surface area contributed by atoms with Gasteiger partial charge in [-0.25, -0.2) is 4.99 Å². The van der Waals surface area contributed by atoms with Crippen molar-refractivity contribution in [1.82, 2.24) is 20.4 Å². The van der Waals surface area contributed by atoms with Crippen LogP contribution in [0.2, 0.25) is 0 Å². The van der Waals surface area contributed by atoms with Crippen molar-refractivity contribution in [3.63, 3.8) is 0 Å². The molecule has 9 heteroatoms. The number of guanidine groups is 1. The zero-order valence-electron chi connectivity index (χ0n) is 20.2. The number of hydrogen-bond donors (Lipinski definition) is 2. The summed E-state index contributed by atoms with van der Waals surface area (Å²) in [6.07, 6.45) is 6.09. The van der Waals surface area contributed by atoms with Crippen LogP contribution in [0, 0.1) is 0 Å². The first-order chi connectivity index (χ1) is 15.6. The smallest absolute Gasteiger partial charge is 0.243 e. The largest absolute Gasteiger partial charge is 0.497 e. The molecule has 2 aliphatic heterocycles. The third-order valence-electron chi connectivity index (χ3n) is 6.19. The number of nitrogens with one attached hydrogen (secondary N) is 2. The van der Waals surface area contributed by atoms with Crippen LogP contribution in [0.1, 0.15) is 43.7 Å². The average molecular weight is 574 g/mol. The highest BCUT2D eigenvalue weighted by Gasteiger charge is 2.23. The molecule has 2 N–H and O–H groups in total. The maximum absolute atomic E-state index is 12.1. The highest BCUT2D eigenvalue weighted by Crippen LogP contribution is 2.25. The van der Waals surface area contributed by atoms with E-state index in [1.54, 1.807) is 26.1 Å². The van der Waals surface area contributed by atoms with Crippen LogP contribution in [0.4, 0.5) is 0 Å². The number of carbonyl (C=O) groups excluding carboxylic acids is 1. The Kier molecular flexibility index (Phi) is 12.3. The molecule has 0 aromatic heterocycles. The molecule has 0 radical (unpaired) electrons. The molecule has 0 aliphatic carbocycles. The van der Waals surface area contributed by atoms with E-state index in [1.807, 2.05) is 12.1 Å². The molecule has 1 amide bonds. The SMILES string of the molecule is COc1ccc(C(CNC(=NCC(=O)N(C)C)NCC2CCCO2)N2CCCCC2)cc1.I. The molecule has 1 aromatic rings. The van der Waals surface area contributed by atoms with E-state index in [-0.39, 0.29) is 48.6 Å². The standard InChI is InChI=1S/C24H39N5O3.HI/c1-28(2)23(30)18-27-24(25-16-21-8-7-15-32-21)26-17-22(29-13-5-4-6-14-29)19-9-11-20(31-3)12-10-19;/h9-12,21-22H,4-8,13-18H2,1-3H3,(H2,25,26,27);1H. The molecule has 186 valence electrons. The van der Waals surface area contributed by atoms with Crippen molar-refractivity contribution in [2.75, 3.05) is 60.5 Å². The van der Waals surface area contributed by atoms with Gasteiger partial charge in [0.05, 0.1) is 19.3 Å². The first-order valence-corrected chi connectivity index (χ1v) is 11.8. The summed E-state index contributed by atoms with van der Waals surface area (Å²) in [5, 5.41) is 6.89. The predicted octanol–water partition coefficient (Wildman–Crippen LogP) is 2.64.